The zero-order chi connectivity index (χ0) is 20.0. The van der Waals surface area contributed by atoms with Gasteiger partial charge in [-0.3, -0.25) is 4.99 Å². The van der Waals surface area contributed by atoms with Crippen LogP contribution in [0, 0.1) is 11.3 Å². The summed E-state index contributed by atoms with van der Waals surface area (Å²) in [5.41, 5.74) is 2.13. The van der Waals surface area contributed by atoms with Crippen LogP contribution in [0.4, 0.5) is 13.2 Å². The van der Waals surface area contributed by atoms with Crippen LogP contribution in [-0.4, -0.2) is 5.71 Å². The maximum atomic E-state index is 12.8. The monoisotopic (exact) mass is 382 g/mol. The summed E-state index contributed by atoms with van der Waals surface area (Å²) in [5.74, 6) is 0. The molecular weight excluding hydrogens is 361 g/mol. The van der Waals surface area contributed by atoms with Crippen molar-refractivity contribution in [2.75, 3.05) is 0 Å². The van der Waals surface area contributed by atoms with Crippen molar-refractivity contribution in [2.24, 2.45) is 4.99 Å². The molecule has 0 aliphatic heterocycles. The average Bonchev–Trinajstić information content (AvgIpc) is 2.72. The first-order valence-electron chi connectivity index (χ1n) is 9.36. The third-order valence-electron chi connectivity index (χ3n) is 4.90. The van der Waals surface area contributed by atoms with E-state index < -0.39 is 11.7 Å². The molecular formula is C23H21F3N2. The van der Waals surface area contributed by atoms with Gasteiger partial charge in [-0.2, -0.15) is 18.4 Å². The maximum absolute atomic E-state index is 12.8. The summed E-state index contributed by atoms with van der Waals surface area (Å²) in [5, 5.41) is 9.59. The minimum atomic E-state index is -4.40. The van der Waals surface area contributed by atoms with E-state index in [1.165, 1.54) is 24.1 Å². The van der Waals surface area contributed by atoms with E-state index in [1.807, 2.05) is 30.3 Å². The number of aliphatic imine (C=N–C) groups is 1. The molecule has 2 aromatic carbocycles. The van der Waals surface area contributed by atoms with E-state index in [-0.39, 0.29) is 11.8 Å². The van der Waals surface area contributed by atoms with Crippen molar-refractivity contribution in [3.8, 4) is 6.07 Å². The second-order valence-corrected chi connectivity index (χ2v) is 6.90. The lowest BCUT2D eigenvalue weighted by atomic mass is 9.91. The fourth-order valence-corrected chi connectivity index (χ4v) is 3.39. The summed E-state index contributed by atoms with van der Waals surface area (Å²) < 4.78 is 38.4. The Kier molecular flexibility index (Phi) is 6.30. The van der Waals surface area contributed by atoms with Gasteiger partial charge in [-0.25, -0.2) is 0 Å². The van der Waals surface area contributed by atoms with Crippen LogP contribution in [0.25, 0.3) is 0 Å². The van der Waals surface area contributed by atoms with Gasteiger partial charge in [-0.1, -0.05) is 54.1 Å². The summed E-state index contributed by atoms with van der Waals surface area (Å²) in [6.45, 7) is 0. The van der Waals surface area contributed by atoms with E-state index in [1.54, 1.807) is 0 Å². The highest BCUT2D eigenvalue weighted by Gasteiger charge is 2.30. The van der Waals surface area contributed by atoms with Crippen molar-refractivity contribution in [2.45, 2.75) is 44.3 Å². The molecule has 0 unspecified atom stereocenters. The third kappa shape index (κ3) is 5.10. The number of halogens is 3. The van der Waals surface area contributed by atoms with E-state index in [2.05, 4.69) is 17.1 Å². The van der Waals surface area contributed by atoms with E-state index in [9.17, 15) is 18.4 Å². The van der Waals surface area contributed by atoms with Gasteiger partial charge in [0, 0.05) is 5.56 Å². The van der Waals surface area contributed by atoms with Gasteiger partial charge in [0.05, 0.1) is 11.6 Å². The summed E-state index contributed by atoms with van der Waals surface area (Å²) in [6.07, 6.45) is 3.00. The number of hydrogen-bond acceptors (Lipinski definition) is 2. The van der Waals surface area contributed by atoms with Crippen LogP contribution in [0.5, 0.6) is 0 Å². The number of nitriles is 1. The molecule has 0 N–H and O–H groups in total. The zero-order valence-corrected chi connectivity index (χ0v) is 15.4. The molecule has 1 atom stereocenters. The minimum absolute atomic E-state index is 0.152. The first-order chi connectivity index (χ1) is 13.5. The van der Waals surface area contributed by atoms with Crippen molar-refractivity contribution in [1.82, 2.24) is 0 Å². The Balaban J connectivity index is 1.92. The molecule has 28 heavy (non-hydrogen) atoms. The van der Waals surface area contributed by atoms with Crippen LogP contribution >= 0.6 is 0 Å². The molecule has 0 radical (unpaired) electrons. The molecule has 0 aromatic heterocycles. The fraction of sp³-hybridized carbons (Fsp3) is 0.304. The van der Waals surface area contributed by atoms with Crippen LogP contribution < -0.4 is 0 Å². The number of allylic oxidation sites excluding steroid dienone is 1. The van der Waals surface area contributed by atoms with Crippen molar-refractivity contribution in [1.29, 1.82) is 5.26 Å². The lowest BCUT2D eigenvalue weighted by molar-refractivity contribution is -0.137. The molecule has 2 nitrogen and oxygen atoms in total. The molecule has 1 aliphatic carbocycles. The van der Waals surface area contributed by atoms with Gasteiger partial charge in [-0.05, 0) is 49.8 Å². The average molecular weight is 382 g/mol. The van der Waals surface area contributed by atoms with Crippen molar-refractivity contribution >= 4 is 5.71 Å². The molecule has 0 spiro atoms. The highest BCUT2D eigenvalue weighted by molar-refractivity contribution is 6.11. The Labute approximate surface area is 163 Å². The van der Waals surface area contributed by atoms with Crippen molar-refractivity contribution in [3.05, 3.63) is 82.9 Å². The quantitative estimate of drug-likeness (QED) is 0.421. The van der Waals surface area contributed by atoms with Crippen molar-refractivity contribution < 1.29 is 13.2 Å². The van der Waals surface area contributed by atoms with Gasteiger partial charge >= 0.3 is 6.18 Å². The van der Waals surface area contributed by atoms with Gasteiger partial charge in [0.15, 0.2) is 0 Å². The van der Waals surface area contributed by atoms with E-state index >= 15 is 0 Å². The number of hydrogen-bond donors (Lipinski definition) is 0. The first kappa shape index (κ1) is 19.9. The lowest BCUT2D eigenvalue weighted by Gasteiger charge is -2.19. The summed E-state index contributed by atoms with van der Waals surface area (Å²) in [7, 11) is 0. The molecule has 0 saturated carbocycles. The summed E-state index contributed by atoms with van der Waals surface area (Å²) >= 11 is 0. The molecule has 0 heterocycles. The Morgan fingerprint density at radius 1 is 1.04 bits per heavy atom. The van der Waals surface area contributed by atoms with Crippen LogP contribution in [0.2, 0.25) is 0 Å². The lowest BCUT2D eigenvalue weighted by Crippen LogP contribution is -2.08. The predicted octanol–water partition coefficient (Wildman–Crippen LogP) is 6.65. The highest BCUT2D eigenvalue weighted by Crippen LogP contribution is 2.32. The first-order valence-corrected chi connectivity index (χ1v) is 9.36. The molecule has 0 saturated heterocycles. The van der Waals surface area contributed by atoms with Crippen LogP contribution in [0.15, 0.2) is 71.2 Å². The highest BCUT2D eigenvalue weighted by atomic mass is 19.4. The molecule has 0 fully saturated rings. The smallest absolute Gasteiger partial charge is 0.265 e. The standard InChI is InChI=1S/C23H21F3N2/c24-23(25,26)20-13-11-19(12-14-20)22(16-27)28-21(18-9-5-2-6-10-18)15-17-7-3-1-4-8-17/h2,5-7,9-14,21H,1,3-4,8,15H2/b28-22+/t21-/m1/s1. The van der Waals surface area contributed by atoms with Gasteiger partial charge in [0.25, 0.3) is 0 Å². The topological polar surface area (TPSA) is 36.1 Å². The normalized spacial score (nSPS) is 16.2. The van der Waals surface area contributed by atoms with Gasteiger partial charge in [0.2, 0.25) is 0 Å². The van der Waals surface area contributed by atoms with E-state index in [0.717, 1.165) is 43.4 Å². The second kappa shape index (κ2) is 8.88. The summed E-state index contributed by atoms with van der Waals surface area (Å²) in [6, 6.07) is 16.2. The van der Waals surface area contributed by atoms with Crippen LogP contribution in [0.3, 0.4) is 0 Å². The number of rotatable bonds is 5. The number of alkyl halides is 3. The van der Waals surface area contributed by atoms with Gasteiger partial charge in [-0.15, -0.1) is 0 Å². The Morgan fingerprint density at radius 2 is 1.75 bits per heavy atom. The Morgan fingerprint density at radius 3 is 2.32 bits per heavy atom. The summed E-state index contributed by atoms with van der Waals surface area (Å²) in [4.78, 5) is 4.65. The number of benzene rings is 2. The fourth-order valence-electron chi connectivity index (χ4n) is 3.39. The van der Waals surface area contributed by atoms with Crippen LogP contribution in [-0.2, 0) is 6.18 Å². The van der Waals surface area contributed by atoms with E-state index in [0.29, 0.717) is 5.56 Å². The molecule has 1 aliphatic rings. The van der Waals surface area contributed by atoms with E-state index in [4.69, 9.17) is 0 Å². The molecule has 0 amide bonds. The Hall–Kier alpha value is -2.87. The van der Waals surface area contributed by atoms with Crippen LogP contribution in [0.1, 0.15) is 54.8 Å². The second-order valence-electron chi connectivity index (χ2n) is 6.90. The molecule has 3 rings (SSSR count). The zero-order valence-electron chi connectivity index (χ0n) is 15.4. The molecule has 2 aromatic rings. The third-order valence-corrected chi connectivity index (χ3v) is 4.90. The van der Waals surface area contributed by atoms with Gasteiger partial charge in [0.1, 0.15) is 11.8 Å². The van der Waals surface area contributed by atoms with Crippen molar-refractivity contribution in [3.63, 3.8) is 0 Å². The predicted molar refractivity (Wildman–Crippen MR) is 104 cm³/mol. The largest absolute Gasteiger partial charge is 0.416 e. The maximum Gasteiger partial charge on any atom is 0.416 e. The Bertz CT molecular complexity index is 888. The van der Waals surface area contributed by atoms with Gasteiger partial charge < -0.3 is 0 Å². The number of nitrogens with zero attached hydrogens (tertiary/aromatic N) is 2. The molecule has 144 valence electrons. The minimum Gasteiger partial charge on any atom is -0.265 e. The molecule has 5 heteroatoms. The SMILES string of the molecule is N#C/C(=N\[C@H](CC1=CCCCC1)c1ccccc1)c1ccc(C(F)(F)F)cc1. The molecule has 0 bridgehead atoms.